The first-order chi connectivity index (χ1) is 11.4. The maximum absolute atomic E-state index is 12.1. The van der Waals surface area contributed by atoms with Crippen LogP contribution in [0, 0.1) is 0 Å². The molecule has 0 aromatic heterocycles. The van der Waals surface area contributed by atoms with Gasteiger partial charge in [0.1, 0.15) is 5.60 Å². The second-order valence-corrected chi connectivity index (χ2v) is 10.5. The molecular formula is C16H32N4O4S. The fraction of sp³-hybridized carbons (Fsp3) is 0.875. The van der Waals surface area contributed by atoms with E-state index in [0.29, 0.717) is 38.6 Å². The lowest BCUT2D eigenvalue weighted by Gasteiger charge is -2.39. The highest BCUT2D eigenvalue weighted by Crippen LogP contribution is 2.23. The molecule has 9 heteroatoms. The molecule has 25 heavy (non-hydrogen) atoms. The van der Waals surface area contributed by atoms with E-state index in [1.165, 1.54) is 0 Å². The summed E-state index contributed by atoms with van der Waals surface area (Å²) in [5, 5.41) is 5.92. The number of carbonyl (C=O) groups excluding carboxylic acids is 1. The van der Waals surface area contributed by atoms with E-state index in [-0.39, 0.29) is 5.75 Å². The van der Waals surface area contributed by atoms with Crippen molar-refractivity contribution in [3.8, 4) is 0 Å². The molecule has 1 rings (SSSR count). The van der Waals surface area contributed by atoms with Crippen LogP contribution in [0.4, 0.5) is 4.79 Å². The molecule has 1 heterocycles. The summed E-state index contributed by atoms with van der Waals surface area (Å²) < 4.78 is 28.5. The third-order valence-electron chi connectivity index (χ3n) is 3.86. The summed E-state index contributed by atoms with van der Waals surface area (Å²) in [7, 11) is -1.40. The van der Waals surface area contributed by atoms with Gasteiger partial charge in [0.05, 0.1) is 10.5 Å². The number of ether oxygens (including phenoxy) is 1. The van der Waals surface area contributed by atoms with Crippen molar-refractivity contribution >= 4 is 21.9 Å². The first-order valence-corrected chi connectivity index (χ1v) is 10.2. The number of hydrogen-bond donors (Lipinski definition) is 2. The Morgan fingerprint density at radius 3 is 2.36 bits per heavy atom. The van der Waals surface area contributed by atoms with Gasteiger partial charge in [-0.05, 0) is 41.0 Å². The Balaban J connectivity index is 2.38. The Bertz CT molecular complexity index is 594. The van der Waals surface area contributed by atoms with E-state index >= 15 is 0 Å². The molecule has 2 N–H and O–H groups in total. The third kappa shape index (κ3) is 6.72. The maximum Gasteiger partial charge on any atom is 0.407 e. The molecule has 1 aliphatic rings. The van der Waals surface area contributed by atoms with Gasteiger partial charge in [-0.25, -0.2) is 13.2 Å². The van der Waals surface area contributed by atoms with Crippen molar-refractivity contribution in [2.45, 2.75) is 51.4 Å². The molecule has 1 fully saturated rings. The number of alkyl carbamates (subject to hydrolysis) is 1. The van der Waals surface area contributed by atoms with E-state index in [9.17, 15) is 13.2 Å². The Morgan fingerprint density at radius 1 is 1.24 bits per heavy atom. The minimum Gasteiger partial charge on any atom is -0.444 e. The molecule has 0 spiro atoms. The van der Waals surface area contributed by atoms with Gasteiger partial charge in [0.25, 0.3) is 0 Å². The van der Waals surface area contributed by atoms with Gasteiger partial charge >= 0.3 is 6.09 Å². The van der Waals surface area contributed by atoms with Gasteiger partial charge in [-0.1, -0.05) is 0 Å². The Morgan fingerprint density at radius 2 is 1.84 bits per heavy atom. The van der Waals surface area contributed by atoms with Crippen LogP contribution in [0.2, 0.25) is 0 Å². The highest BCUT2D eigenvalue weighted by molar-refractivity contribution is 7.92. The summed E-state index contributed by atoms with van der Waals surface area (Å²) in [6, 6.07) is 0. The van der Waals surface area contributed by atoms with Crippen molar-refractivity contribution in [1.29, 1.82) is 0 Å². The number of nitrogens with zero attached hydrogens (tertiary/aromatic N) is 2. The predicted octanol–water partition coefficient (Wildman–Crippen LogP) is 0.986. The summed E-state index contributed by atoms with van der Waals surface area (Å²) in [5.41, 5.74) is -0.508. The molecule has 0 radical (unpaired) electrons. The molecule has 0 aromatic rings. The monoisotopic (exact) mass is 376 g/mol. The van der Waals surface area contributed by atoms with E-state index in [1.54, 1.807) is 20.9 Å². The topological polar surface area (TPSA) is 100 Å². The van der Waals surface area contributed by atoms with Crippen LogP contribution in [-0.4, -0.2) is 74.7 Å². The summed E-state index contributed by atoms with van der Waals surface area (Å²) in [4.78, 5) is 17.7. The van der Waals surface area contributed by atoms with Crippen molar-refractivity contribution in [2.75, 3.05) is 39.0 Å². The number of hydrogen-bond acceptors (Lipinski definition) is 5. The second-order valence-electron chi connectivity index (χ2n) is 7.76. The van der Waals surface area contributed by atoms with E-state index in [2.05, 4.69) is 15.6 Å². The average Bonchev–Trinajstić information content (AvgIpc) is 2.44. The number of rotatable bonds is 4. The van der Waals surface area contributed by atoms with Crippen molar-refractivity contribution in [3.63, 3.8) is 0 Å². The van der Waals surface area contributed by atoms with Crippen molar-refractivity contribution in [3.05, 3.63) is 0 Å². The fourth-order valence-corrected chi connectivity index (χ4v) is 3.82. The van der Waals surface area contributed by atoms with Gasteiger partial charge in [0, 0.05) is 33.2 Å². The molecule has 1 aliphatic heterocycles. The smallest absolute Gasteiger partial charge is 0.407 e. The zero-order chi connectivity index (χ0) is 19.3. The third-order valence-corrected chi connectivity index (χ3v) is 6.39. The maximum atomic E-state index is 12.1. The Kier molecular flexibility index (Phi) is 7.10. The minimum atomic E-state index is -3.08. The van der Waals surface area contributed by atoms with Crippen LogP contribution in [0.5, 0.6) is 0 Å². The number of guanidine groups is 1. The highest BCUT2D eigenvalue weighted by atomic mass is 32.2. The molecule has 8 nitrogen and oxygen atoms in total. The summed E-state index contributed by atoms with van der Waals surface area (Å²) in [6.07, 6.45) is 0.271. The van der Waals surface area contributed by atoms with Crippen LogP contribution < -0.4 is 10.6 Å². The molecule has 0 aliphatic carbocycles. The van der Waals surface area contributed by atoms with E-state index in [0.717, 1.165) is 0 Å². The zero-order valence-corrected chi connectivity index (χ0v) is 17.0. The van der Waals surface area contributed by atoms with Gasteiger partial charge < -0.3 is 20.3 Å². The van der Waals surface area contributed by atoms with E-state index < -0.39 is 26.3 Å². The number of nitrogens with one attached hydrogen (secondary N) is 2. The standard InChI is InChI=1S/C16H32N4O4S/c1-15(2,3)24-14(21)19-9-7-8-18-13(17-6)20-10-11-25(22,23)16(4,5)12-20/h7-12H2,1-6H3,(H,17,18)(H,19,21). The van der Waals surface area contributed by atoms with Gasteiger partial charge in [0.2, 0.25) is 0 Å². The lowest BCUT2D eigenvalue weighted by molar-refractivity contribution is 0.0527. The van der Waals surface area contributed by atoms with Gasteiger partial charge in [-0.2, -0.15) is 0 Å². The number of carbonyl (C=O) groups is 1. The molecule has 1 saturated heterocycles. The molecule has 0 saturated carbocycles. The Hall–Kier alpha value is -1.51. The van der Waals surface area contributed by atoms with Crippen molar-refractivity contribution in [2.24, 2.45) is 4.99 Å². The fourth-order valence-electron chi connectivity index (χ4n) is 2.45. The largest absolute Gasteiger partial charge is 0.444 e. The van der Waals surface area contributed by atoms with Crippen LogP contribution in [-0.2, 0) is 14.6 Å². The lowest BCUT2D eigenvalue weighted by atomic mass is 10.2. The first kappa shape index (κ1) is 21.5. The van der Waals surface area contributed by atoms with Gasteiger partial charge in [-0.15, -0.1) is 0 Å². The van der Waals surface area contributed by atoms with Crippen LogP contribution in [0.15, 0.2) is 4.99 Å². The number of sulfone groups is 1. The lowest BCUT2D eigenvalue weighted by Crippen LogP contribution is -2.57. The number of aliphatic imine (C=N–C) groups is 1. The quantitative estimate of drug-likeness (QED) is 0.431. The Labute approximate surface area is 151 Å². The van der Waals surface area contributed by atoms with Crippen LogP contribution in [0.1, 0.15) is 41.0 Å². The molecule has 146 valence electrons. The van der Waals surface area contributed by atoms with Crippen LogP contribution in [0.3, 0.4) is 0 Å². The minimum absolute atomic E-state index is 0.126. The molecule has 0 unspecified atom stereocenters. The second kappa shape index (κ2) is 8.25. The highest BCUT2D eigenvalue weighted by Gasteiger charge is 2.40. The number of amides is 1. The predicted molar refractivity (Wildman–Crippen MR) is 99.7 cm³/mol. The normalized spacial score (nSPS) is 20.1. The molecular weight excluding hydrogens is 344 g/mol. The van der Waals surface area contributed by atoms with Gasteiger partial charge in [0.15, 0.2) is 15.8 Å². The summed E-state index contributed by atoms with van der Waals surface area (Å²) >= 11 is 0. The van der Waals surface area contributed by atoms with Gasteiger partial charge in [-0.3, -0.25) is 4.99 Å². The summed E-state index contributed by atoms with van der Waals surface area (Å²) in [6.45, 7) is 10.9. The van der Waals surface area contributed by atoms with Crippen molar-refractivity contribution in [1.82, 2.24) is 15.5 Å². The van der Waals surface area contributed by atoms with Crippen molar-refractivity contribution < 1.29 is 17.9 Å². The first-order valence-electron chi connectivity index (χ1n) is 8.53. The van der Waals surface area contributed by atoms with Crippen LogP contribution >= 0.6 is 0 Å². The molecule has 0 bridgehead atoms. The average molecular weight is 377 g/mol. The van der Waals surface area contributed by atoms with E-state index in [4.69, 9.17) is 4.74 Å². The van der Waals surface area contributed by atoms with Crippen LogP contribution in [0.25, 0.3) is 0 Å². The summed E-state index contributed by atoms with van der Waals surface area (Å²) in [5.74, 6) is 0.807. The molecule has 0 aromatic carbocycles. The SMILES string of the molecule is CN=C(NCCCNC(=O)OC(C)(C)C)N1CCS(=O)(=O)C(C)(C)C1. The van der Waals surface area contributed by atoms with E-state index in [1.807, 2.05) is 25.7 Å². The zero-order valence-electron chi connectivity index (χ0n) is 16.2. The molecule has 1 amide bonds. The molecule has 0 atom stereocenters.